The number of hydrogen-bond donors (Lipinski definition) is 2. The first-order valence-electron chi connectivity index (χ1n) is 8.95. The zero-order chi connectivity index (χ0) is 18.5. The number of nitrogens with zero attached hydrogens (tertiary/aromatic N) is 1. The lowest BCUT2D eigenvalue weighted by molar-refractivity contribution is 0.110. The van der Waals surface area contributed by atoms with Gasteiger partial charge in [-0.25, -0.2) is 4.99 Å². The summed E-state index contributed by atoms with van der Waals surface area (Å²) >= 11 is 1.84. The standard InChI is InChI=1S/C19H33N3O2S.HI/c1-6-20-19(21-13-16(4)25-5)22-14-17-9-8-15(3)12-18(17)24-11-10-23-7-2;/h8-9,12,16H,6-7,10-11,13-14H2,1-5H3,(H2,20,21,22);1H. The van der Waals surface area contributed by atoms with Gasteiger partial charge in [0, 0.05) is 30.5 Å². The third-order valence-electron chi connectivity index (χ3n) is 3.62. The van der Waals surface area contributed by atoms with Gasteiger partial charge in [-0.3, -0.25) is 0 Å². The van der Waals surface area contributed by atoms with Crippen molar-refractivity contribution in [3.8, 4) is 5.75 Å². The molecule has 0 radical (unpaired) electrons. The van der Waals surface area contributed by atoms with Crippen molar-refractivity contribution in [2.45, 2.75) is 39.5 Å². The van der Waals surface area contributed by atoms with Gasteiger partial charge in [0.05, 0.1) is 13.2 Å². The molecule has 1 aromatic carbocycles. The molecule has 0 saturated heterocycles. The Morgan fingerprint density at radius 1 is 1.23 bits per heavy atom. The summed E-state index contributed by atoms with van der Waals surface area (Å²) in [6.45, 7) is 12.5. The summed E-state index contributed by atoms with van der Waals surface area (Å²) in [6, 6.07) is 6.24. The largest absolute Gasteiger partial charge is 0.491 e. The van der Waals surface area contributed by atoms with Crippen molar-refractivity contribution in [2.75, 3.05) is 39.2 Å². The van der Waals surface area contributed by atoms with Crippen molar-refractivity contribution in [1.82, 2.24) is 10.6 Å². The molecule has 0 aromatic heterocycles. The zero-order valence-corrected chi connectivity index (χ0v) is 19.8. The summed E-state index contributed by atoms with van der Waals surface area (Å²) in [5, 5.41) is 7.22. The van der Waals surface area contributed by atoms with Crippen molar-refractivity contribution in [3.05, 3.63) is 29.3 Å². The SMILES string of the molecule is CCNC(=NCc1ccc(C)cc1OCCOCC)NCC(C)SC.I. The van der Waals surface area contributed by atoms with Crippen LogP contribution in [0.3, 0.4) is 0 Å². The van der Waals surface area contributed by atoms with Gasteiger partial charge in [-0.15, -0.1) is 24.0 Å². The fraction of sp³-hybridized carbons (Fsp3) is 0.632. The molecule has 26 heavy (non-hydrogen) atoms. The van der Waals surface area contributed by atoms with E-state index in [1.165, 1.54) is 5.56 Å². The first-order valence-corrected chi connectivity index (χ1v) is 10.2. The van der Waals surface area contributed by atoms with Gasteiger partial charge in [0.1, 0.15) is 12.4 Å². The van der Waals surface area contributed by atoms with E-state index in [2.05, 4.69) is 55.9 Å². The lowest BCUT2D eigenvalue weighted by Gasteiger charge is -2.15. The number of ether oxygens (including phenoxy) is 2. The monoisotopic (exact) mass is 495 g/mol. The van der Waals surface area contributed by atoms with Crippen molar-refractivity contribution in [1.29, 1.82) is 0 Å². The third-order valence-corrected chi connectivity index (χ3v) is 4.59. The van der Waals surface area contributed by atoms with Crippen LogP contribution in [0.15, 0.2) is 23.2 Å². The summed E-state index contributed by atoms with van der Waals surface area (Å²) in [6.07, 6.45) is 2.12. The molecule has 0 bridgehead atoms. The van der Waals surface area contributed by atoms with Crippen molar-refractivity contribution in [2.24, 2.45) is 4.99 Å². The Morgan fingerprint density at radius 2 is 2.00 bits per heavy atom. The van der Waals surface area contributed by atoms with Gasteiger partial charge in [-0.2, -0.15) is 11.8 Å². The molecule has 0 aliphatic rings. The van der Waals surface area contributed by atoms with Gasteiger partial charge >= 0.3 is 0 Å². The van der Waals surface area contributed by atoms with Gasteiger partial charge in [-0.05, 0) is 38.7 Å². The molecule has 0 fully saturated rings. The summed E-state index contributed by atoms with van der Waals surface area (Å²) in [7, 11) is 0. The molecule has 0 spiro atoms. The van der Waals surface area contributed by atoms with E-state index >= 15 is 0 Å². The highest BCUT2D eigenvalue weighted by atomic mass is 127. The predicted molar refractivity (Wildman–Crippen MR) is 124 cm³/mol. The van der Waals surface area contributed by atoms with Crippen molar-refractivity contribution < 1.29 is 9.47 Å². The highest BCUT2D eigenvalue weighted by molar-refractivity contribution is 14.0. The van der Waals surface area contributed by atoms with E-state index in [1.54, 1.807) is 0 Å². The molecule has 1 atom stereocenters. The zero-order valence-electron chi connectivity index (χ0n) is 16.6. The second-order valence-electron chi connectivity index (χ2n) is 5.78. The second-order valence-corrected chi connectivity index (χ2v) is 7.06. The van der Waals surface area contributed by atoms with Crippen LogP contribution in [0.25, 0.3) is 0 Å². The normalized spacial score (nSPS) is 12.3. The lowest BCUT2D eigenvalue weighted by Crippen LogP contribution is -2.40. The van der Waals surface area contributed by atoms with Gasteiger partial charge in [-0.1, -0.05) is 19.1 Å². The molecular weight excluding hydrogens is 461 g/mol. The first-order chi connectivity index (χ1) is 12.1. The van der Waals surface area contributed by atoms with E-state index in [1.807, 2.05) is 18.7 Å². The topological polar surface area (TPSA) is 54.9 Å². The van der Waals surface area contributed by atoms with Gasteiger partial charge < -0.3 is 20.1 Å². The number of thioether (sulfide) groups is 1. The van der Waals surface area contributed by atoms with Crippen LogP contribution < -0.4 is 15.4 Å². The van der Waals surface area contributed by atoms with Crippen LogP contribution in [-0.4, -0.2) is 50.4 Å². The second kappa shape index (κ2) is 15.4. The number of hydrogen-bond acceptors (Lipinski definition) is 4. The number of guanidine groups is 1. The molecule has 2 N–H and O–H groups in total. The summed E-state index contributed by atoms with van der Waals surface area (Å²) in [4.78, 5) is 4.70. The molecule has 0 heterocycles. The molecular formula is C19H34IN3O2S. The Morgan fingerprint density at radius 3 is 2.65 bits per heavy atom. The van der Waals surface area contributed by atoms with Crippen molar-refractivity contribution in [3.63, 3.8) is 0 Å². The Kier molecular flexibility index (Phi) is 15.0. The summed E-state index contributed by atoms with van der Waals surface area (Å²) in [5.41, 5.74) is 2.26. The lowest BCUT2D eigenvalue weighted by atomic mass is 10.1. The smallest absolute Gasteiger partial charge is 0.191 e. The molecule has 150 valence electrons. The summed E-state index contributed by atoms with van der Waals surface area (Å²) < 4.78 is 11.2. The van der Waals surface area contributed by atoms with Crippen molar-refractivity contribution >= 4 is 41.7 Å². The van der Waals surface area contributed by atoms with E-state index in [-0.39, 0.29) is 24.0 Å². The van der Waals surface area contributed by atoms with Crippen LogP contribution in [0, 0.1) is 6.92 Å². The van der Waals surface area contributed by atoms with E-state index in [4.69, 9.17) is 14.5 Å². The Bertz CT molecular complexity index is 530. The van der Waals surface area contributed by atoms with Crippen LogP contribution in [0.4, 0.5) is 0 Å². The minimum Gasteiger partial charge on any atom is -0.491 e. The molecule has 5 nitrogen and oxygen atoms in total. The number of rotatable bonds is 11. The highest BCUT2D eigenvalue weighted by Gasteiger charge is 2.06. The van der Waals surface area contributed by atoms with Gasteiger partial charge in [0.15, 0.2) is 5.96 Å². The number of aryl methyl sites for hydroxylation is 1. The van der Waals surface area contributed by atoms with E-state index in [9.17, 15) is 0 Å². The maximum Gasteiger partial charge on any atom is 0.191 e. The fourth-order valence-electron chi connectivity index (χ4n) is 2.11. The molecule has 1 aromatic rings. The first kappa shape index (κ1) is 25.3. The average molecular weight is 495 g/mol. The van der Waals surface area contributed by atoms with E-state index in [0.29, 0.717) is 31.6 Å². The number of halogens is 1. The van der Waals surface area contributed by atoms with Crippen LogP contribution in [0.5, 0.6) is 5.75 Å². The minimum absolute atomic E-state index is 0. The number of benzene rings is 1. The van der Waals surface area contributed by atoms with Crippen LogP contribution >= 0.6 is 35.7 Å². The molecule has 1 rings (SSSR count). The molecule has 7 heteroatoms. The van der Waals surface area contributed by atoms with Crippen LogP contribution in [0.1, 0.15) is 31.9 Å². The average Bonchev–Trinajstić information content (AvgIpc) is 2.61. The fourth-order valence-corrected chi connectivity index (χ4v) is 2.36. The number of aliphatic imine (C=N–C) groups is 1. The van der Waals surface area contributed by atoms with Crippen LogP contribution in [-0.2, 0) is 11.3 Å². The Hall–Kier alpha value is -0.670. The molecule has 0 aliphatic carbocycles. The Labute approximate surface area is 180 Å². The quantitative estimate of drug-likeness (QED) is 0.212. The molecule has 0 amide bonds. The van der Waals surface area contributed by atoms with E-state index in [0.717, 1.165) is 30.4 Å². The number of nitrogens with one attached hydrogen (secondary N) is 2. The molecule has 1 unspecified atom stereocenters. The van der Waals surface area contributed by atoms with Crippen LogP contribution in [0.2, 0.25) is 0 Å². The maximum atomic E-state index is 5.89. The predicted octanol–water partition coefficient (Wildman–Crippen LogP) is 3.83. The minimum atomic E-state index is 0. The third kappa shape index (κ3) is 10.5. The molecule has 0 saturated carbocycles. The van der Waals surface area contributed by atoms with E-state index < -0.39 is 0 Å². The molecule has 0 aliphatic heterocycles. The van der Waals surface area contributed by atoms with Gasteiger partial charge in [0.2, 0.25) is 0 Å². The Balaban J connectivity index is 0.00000625. The maximum absolute atomic E-state index is 5.89. The van der Waals surface area contributed by atoms with Gasteiger partial charge in [0.25, 0.3) is 0 Å². The highest BCUT2D eigenvalue weighted by Crippen LogP contribution is 2.21. The summed E-state index contributed by atoms with van der Waals surface area (Å²) in [5.74, 6) is 1.72.